The fourth-order valence-electron chi connectivity index (χ4n) is 3.23. The summed E-state index contributed by atoms with van der Waals surface area (Å²) in [6, 6.07) is 20.9. The third kappa shape index (κ3) is 3.76. The summed E-state index contributed by atoms with van der Waals surface area (Å²) in [5, 5.41) is 2.18. The molecule has 0 saturated carbocycles. The zero-order valence-electron chi connectivity index (χ0n) is 15.2. The first-order valence-corrected chi connectivity index (χ1v) is 11.4. The number of carbonyl (C=O) groups is 1. The lowest BCUT2D eigenvalue weighted by Gasteiger charge is -2.02. The molecule has 0 aliphatic rings. The maximum atomic E-state index is 12.4. The number of thiazole rings is 1. The Morgan fingerprint density at radius 1 is 1.00 bits per heavy atom. The molecule has 7 heteroatoms. The minimum absolute atomic E-state index is 0.168. The van der Waals surface area contributed by atoms with E-state index in [2.05, 4.69) is 4.99 Å². The van der Waals surface area contributed by atoms with E-state index in [0.29, 0.717) is 10.4 Å². The molecule has 28 heavy (non-hydrogen) atoms. The lowest BCUT2D eigenvalue weighted by atomic mass is 10.1. The van der Waals surface area contributed by atoms with Gasteiger partial charge in [0.25, 0.3) is 5.91 Å². The molecule has 0 bridgehead atoms. The minimum atomic E-state index is -3.58. The lowest BCUT2D eigenvalue weighted by molar-refractivity contribution is -0.115. The maximum absolute atomic E-state index is 12.4. The van der Waals surface area contributed by atoms with Gasteiger partial charge in [-0.05, 0) is 17.0 Å². The molecule has 5 nitrogen and oxygen atoms in total. The predicted octanol–water partition coefficient (Wildman–Crippen LogP) is 3.44. The molecule has 1 aromatic heterocycles. The number of hydrogen-bond acceptors (Lipinski definition) is 4. The van der Waals surface area contributed by atoms with Crippen molar-refractivity contribution in [3.63, 3.8) is 0 Å². The number of amides is 1. The van der Waals surface area contributed by atoms with Crippen molar-refractivity contribution >= 4 is 48.1 Å². The van der Waals surface area contributed by atoms with E-state index in [9.17, 15) is 13.2 Å². The molecule has 0 unspecified atom stereocenters. The normalized spacial score (nSPS) is 12.7. The molecule has 0 spiro atoms. The van der Waals surface area contributed by atoms with Crippen LogP contribution in [0.15, 0.2) is 71.7 Å². The first kappa shape index (κ1) is 18.6. The van der Waals surface area contributed by atoms with Crippen molar-refractivity contribution in [2.75, 3.05) is 5.75 Å². The van der Waals surface area contributed by atoms with Crippen LogP contribution in [0.25, 0.3) is 21.0 Å². The number of nitrogens with zero attached hydrogens (tertiary/aromatic N) is 2. The predicted molar refractivity (Wildman–Crippen MR) is 113 cm³/mol. The van der Waals surface area contributed by atoms with Crippen LogP contribution in [0.1, 0.15) is 5.56 Å². The van der Waals surface area contributed by atoms with E-state index in [1.807, 2.05) is 54.1 Å². The highest BCUT2D eigenvalue weighted by Gasteiger charge is 2.17. The summed E-state index contributed by atoms with van der Waals surface area (Å²) in [7, 11) is -1.74. The van der Waals surface area contributed by atoms with Crippen LogP contribution in [0.4, 0.5) is 0 Å². The fraction of sp³-hybridized carbons (Fsp3) is 0.143. The second kappa shape index (κ2) is 7.33. The molecule has 0 radical (unpaired) electrons. The van der Waals surface area contributed by atoms with Crippen LogP contribution in [-0.4, -0.2) is 24.6 Å². The topological polar surface area (TPSA) is 68.5 Å². The number of benzene rings is 3. The van der Waals surface area contributed by atoms with Gasteiger partial charge in [-0.15, -0.1) is 0 Å². The van der Waals surface area contributed by atoms with Gasteiger partial charge in [0, 0.05) is 12.4 Å². The summed E-state index contributed by atoms with van der Waals surface area (Å²) >= 11 is 1.38. The third-order valence-corrected chi connectivity index (χ3v) is 7.04. The Morgan fingerprint density at radius 3 is 2.50 bits per heavy atom. The van der Waals surface area contributed by atoms with Gasteiger partial charge < -0.3 is 4.57 Å². The van der Waals surface area contributed by atoms with Gasteiger partial charge in [0.1, 0.15) is 5.75 Å². The average molecular weight is 411 g/mol. The van der Waals surface area contributed by atoms with Gasteiger partial charge in [-0.3, -0.25) is 4.79 Å². The summed E-state index contributed by atoms with van der Waals surface area (Å²) in [6.07, 6.45) is 0. The Morgan fingerprint density at radius 2 is 1.71 bits per heavy atom. The van der Waals surface area contributed by atoms with Crippen molar-refractivity contribution in [1.82, 2.24) is 4.57 Å². The molecule has 0 saturated heterocycles. The molecule has 0 fully saturated rings. The van der Waals surface area contributed by atoms with E-state index in [1.54, 1.807) is 24.3 Å². The van der Waals surface area contributed by atoms with Gasteiger partial charge >= 0.3 is 0 Å². The van der Waals surface area contributed by atoms with E-state index >= 15 is 0 Å². The SMILES string of the molecule is Cn1c(=NC(=O)CS(=O)(=O)Cc2ccccc2)sc2ccc3ccccc3c21. The first-order valence-electron chi connectivity index (χ1n) is 8.72. The monoisotopic (exact) mass is 410 g/mol. The Balaban J connectivity index is 1.67. The quantitative estimate of drug-likeness (QED) is 0.518. The van der Waals surface area contributed by atoms with E-state index in [4.69, 9.17) is 0 Å². The van der Waals surface area contributed by atoms with Crippen LogP contribution >= 0.6 is 11.3 Å². The standard InChI is InChI=1S/C21H18N2O3S2/c1-23-20-17-10-6-5-9-16(17)11-12-18(20)27-21(23)22-19(24)14-28(25,26)13-15-7-3-2-4-8-15/h2-12H,13-14H2,1H3. The number of carbonyl (C=O) groups excluding carboxylic acids is 1. The van der Waals surface area contributed by atoms with E-state index in [-0.39, 0.29) is 5.75 Å². The molecule has 4 rings (SSSR count). The molecule has 1 heterocycles. The lowest BCUT2D eigenvalue weighted by Crippen LogP contribution is -2.20. The van der Waals surface area contributed by atoms with E-state index < -0.39 is 21.5 Å². The number of fused-ring (bicyclic) bond motifs is 3. The number of aromatic nitrogens is 1. The highest BCUT2D eigenvalue weighted by molar-refractivity contribution is 7.91. The molecule has 0 atom stereocenters. The zero-order chi connectivity index (χ0) is 19.7. The number of aryl methyl sites for hydroxylation is 1. The smallest absolute Gasteiger partial charge is 0.263 e. The third-order valence-electron chi connectivity index (χ3n) is 4.48. The van der Waals surface area contributed by atoms with Gasteiger partial charge in [-0.2, -0.15) is 4.99 Å². The highest BCUT2D eigenvalue weighted by Crippen LogP contribution is 2.26. The Labute approximate surface area is 166 Å². The summed E-state index contributed by atoms with van der Waals surface area (Å²) in [5.74, 6) is -1.42. The molecular formula is C21H18N2O3S2. The summed E-state index contributed by atoms with van der Waals surface area (Å²) < 4.78 is 27.5. The van der Waals surface area contributed by atoms with Gasteiger partial charge in [0.2, 0.25) is 0 Å². The van der Waals surface area contributed by atoms with Crippen LogP contribution in [0, 0.1) is 0 Å². The number of hydrogen-bond donors (Lipinski definition) is 0. The Kier molecular flexibility index (Phi) is 4.87. The highest BCUT2D eigenvalue weighted by atomic mass is 32.2. The second-order valence-corrected chi connectivity index (χ2v) is 9.67. The molecule has 3 aromatic carbocycles. The van der Waals surface area contributed by atoms with Crippen molar-refractivity contribution in [2.24, 2.45) is 12.0 Å². The van der Waals surface area contributed by atoms with Crippen LogP contribution in [0.5, 0.6) is 0 Å². The molecule has 0 N–H and O–H groups in total. The minimum Gasteiger partial charge on any atom is -0.319 e. The van der Waals surface area contributed by atoms with Gasteiger partial charge in [0.05, 0.1) is 16.0 Å². The van der Waals surface area contributed by atoms with Gasteiger partial charge in [-0.1, -0.05) is 72.0 Å². The van der Waals surface area contributed by atoms with Crippen LogP contribution in [0.3, 0.4) is 0 Å². The Hall–Kier alpha value is -2.77. The van der Waals surface area contributed by atoms with E-state index in [0.717, 1.165) is 21.0 Å². The van der Waals surface area contributed by atoms with Crippen molar-refractivity contribution in [2.45, 2.75) is 5.75 Å². The summed E-state index contributed by atoms with van der Waals surface area (Å²) in [5.41, 5.74) is 1.65. The average Bonchev–Trinajstić information content (AvgIpc) is 2.97. The van der Waals surface area contributed by atoms with Crippen molar-refractivity contribution in [3.8, 4) is 0 Å². The Bertz CT molecular complexity index is 1350. The number of rotatable bonds is 4. The van der Waals surface area contributed by atoms with Crippen LogP contribution in [-0.2, 0) is 27.4 Å². The molecule has 1 amide bonds. The summed E-state index contributed by atoms with van der Waals surface area (Å²) in [4.78, 5) is 16.9. The van der Waals surface area contributed by atoms with Crippen molar-refractivity contribution in [3.05, 3.63) is 77.1 Å². The second-order valence-electron chi connectivity index (χ2n) is 6.60. The number of sulfone groups is 1. The molecule has 0 aliphatic heterocycles. The van der Waals surface area contributed by atoms with Crippen LogP contribution < -0.4 is 4.80 Å². The fourth-order valence-corrected chi connectivity index (χ4v) is 5.53. The zero-order valence-corrected chi connectivity index (χ0v) is 16.8. The van der Waals surface area contributed by atoms with Crippen LogP contribution in [0.2, 0.25) is 0 Å². The molecule has 0 aliphatic carbocycles. The van der Waals surface area contributed by atoms with Gasteiger partial charge in [-0.25, -0.2) is 8.42 Å². The van der Waals surface area contributed by atoms with E-state index in [1.165, 1.54) is 11.3 Å². The summed E-state index contributed by atoms with van der Waals surface area (Å²) in [6.45, 7) is 0. The van der Waals surface area contributed by atoms with Crippen molar-refractivity contribution < 1.29 is 13.2 Å². The maximum Gasteiger partial charge on any atom is 0.263 e. The first-order chi connectivity index (χ1) is 13.4. The molecular weight excluding hydrogens is 392 g/mol. The largest absolute Gasteiger partial charge is 0.319 e. The molecule has 4 aromatic rings. The molecule has 142 valence electrons. The van der Waals surface area contributed by atoms with Gasteiger partial charge in [0.15, 0.2) is 14.6 Å². The van der Waals surface area contributed by atoms with Crippen molar-refractivity contribution in [1.29, 1.82) is 0 Å².